The monoisotopic (exact) mass is 431 g/mol. The van der Waals surface area contributed by atoms with E-state index in [4.69, 9.17) is 9.73 Å². The average Bonchev–Trinajstić information content (AvgIpc) is 3.07. The zero-order valence-corrected chi connectivity index (χ0v) is 16.6. The summed E-state index contributed by atoms with van der Waals surface area (Å²) in [4.78, 5) is 4.76. The molecule has 23 heavy (non-hydrogen) atoms. The molecule has 0 aliphatic carbocycles. The predicted molar refractivity (Wildman–Crippen MR) is 108 cm³/mol. The van der Waals surface area contributed by atoms with Crippen molar-refractivity contribution in [3.05, 3.63) is 35.9 Å². The first-order valence-electron chi connectivity index (χ1n) is 8.52. The molecule has 1 heterocycles. The van der Waals surface area contributed by atoms with E-state index in [-0.39, 0.29) is 24.0 Å². The van der Waals surface area contributed by atoms with Crippen LogP contribution in [0.3, 0.4) is 0 Å². The number of rotatable bonds is 7. The highest BCUT2D eigenvalue weighted by Gasteiger charge is 2.15. The Morgan fingerprint density at radius 1 is 1.26 bits per heavy atom. The lowest BCUT2D eigenvalue weighted by molar-refractivity contribution is 0.114. The summed E-state index contributed by atoms with van der Waals surface area (Å²) in [5.74, 6) is 1.37. The van der Waals surface area contributed by atoms with Crippen molar-refractivity contribution in [3.8, 4) is 0 Å². The summed E-state index contributed by atoms with van der Waals surface area (Å²) >= 11 is 0. The van der Waals surface area contributed by atoms with Crippen molar-refractivity contribution in [3.63, 3.8) is 0 Å². The summed E-state index contributed by atoms with van der Waals surface area (Å²) in [5.41, 5.74) is 1.36. The van der Waals surface area contributed by atoms with Gasteiger partial charge in [-0.2, -0.15) is 0 Å². The quantitative estimate of drug-likeness (QED) is 0.395. The van der Waals surface area contributed by atoms with E-state index in [0.717, 1.165) is 45.0 Å². The topological polar surface area (TPSA) is 45.7 Å². The Hall–Kier alpha value is -0.820. The van der Waals surface area contributed by atoms with Crippen molar-refractivity contribution in [1.82, 2.24) is 10.6 Å². The number of hydrogen-bond acceptors (Lipinski definition) is 2. The number of hydrogen-bond donors (Lipinski definition) is 2. The van der Waals surface area contributed by atoms with Gasteiger partial charge in [-0.3, -0.25) is 4.99 Å². The summed E-state index contributed by atoms with van der Waals surface area (Å²) in [6.07, 6.45) is 3.75. The lowest BCUT2D eigenvalue weighted by Crippen LogP contribution is -2.41. The van der Waals surface area contributed by atoms with Crippen molar-refractivity contribution in [2.75, 3.05) is 26.2 Å². The van der Waals surface area contributed by atoms with Gasteiger partial charge in [0.15, 0.2) is 5.96 Å². The minimum Gasteiger partial charge on any atom is -0.376 e. The van der Waals surface area contributed by atoms with Crippen LogP contribution in [-0.4, -0.2) is 38.3 Å². The summed E-state index contributed by atoms with van der Waals surface area (Å²) in [6, 6.07) is 10.6. The number of nitrogens with one attached hydrogen (secondary N) is 2. The van der Waals surface area contributed by atoms with Crippen LogP contribution < -0.4 is 10.6 Å². The molecule has 1 saturated heterocycles. The maximum absolute atomic E-state index is 5.65. The van der Waals surface area contributed by atoms with E-state index in [1.807, 2.05) is 0 Å². The summed E-state index contributed by atoms with van der Waals surface area (Å²) < 4.78 is 5.65. The van der Waals surface area contributed by atoms with E-state index >= 15 is 0 Å². The van der Waals surface area contributed by atoms with Gasteiger partial charge in [0.1, 0.15) is 0 Å². The molecule has 1 fully saturated rings. The first-order chi connectivity index (χ1) is 10.8. The Morgan fingerprint density at radius 2 is 2.04 bits per heavy atom. The van der Waals surface area contributed by atoms with Gasteiger partial charge in [0.05, 0.1) is 6.10 Å². The maximum Gasteiger partial charge on any atom is 0.191 e. The Morgan fingerprint density at radius 3 is 2.65 bits per heavy atom. The Bertz CT molecular complexity index is 447. The number of aliphatic imine (C=N–C) groups is 1. The lowest BCUT2D eigenvalue weighted by atomic mass is 9.97. The molecule has 1 aliphatic rings. The fourth-order valence-corrected chi connectivity index (χ4v) is 2.75. The lowest BCUT2D eigenvalue weighted by Gasteiger charge is -2.17. The van der Waals surface area contributed by atoms with Gasteiger partial charge in [0.2, 0.25) is 0 Å². The van der Waals surface area contributed by atoms with Gasteiger partial charge in [-0.1, -0.05) is 37.3 Å². The molecule has 4 nitrogen and oxygen atoms in total. The Labute approximate surface area is 157 Å². The molecular weight excluding hydrogens is 401 g/mol. The molecule has 1 aliphatic heterocycles. The van der Waals surface area contributed by atoms with Gasteiger partial charge < -0.3 is 15.4 Å². The molecule has 130 valence electrons. The fourth-order valence-electron chi connectivity index (χ4n) is 2.75. The third-order valence-corrected chi connectivity index (χ3v) is 4.10. The molecule has 2 rings (SSSR count). The van der Waals surface area contributed by atoms with E-state index in [1.165, 1.54) is 12.0 Å². The molecular formula is C18H30IN3O. The molecule has 0 radical (unpaired) electrons. The molecule has 1 aromatic rings. The van der Waals surface area contributed by atoms with Gasteiger partial charge in [-0.05, 0) is 31.7 Å². The summed E-state index contributed by atoms with van der Waals surface area (Å²) in [5, 5.41) is 6.73. The highest BCUT2D eigenvalue weighted by molar-refractivity contribution is 14.0. The molecule has 2 N–H and O–H groups in total. The predicted octanol–water partition coefficient (Wildman–Crippen LogP) is 3.53. The first-order valence-corrected chi connectivity index (χ1v) is 8.52. The molecule has 0 amide bonds. The van der Waals surface area contributed by atoms with Crippen LogP contribution in [0, 0.1) is 0 Å². The van der Waals surface area contributed by atoms with Crippen molar-refractivity contribution in [1.29, 1.82) is 0 Å². The number of nitrogens with zero attached hydrogens (tertiary/aromatic N) is 1. The van der Waals surface area contributed by atoms with Crippen molar-refractivity contribution >= 4 is 29.9 Å². The van der Waals surface area contributed by atoms with Crippen LogP contribution in [0.25, 0.3) is 0 Å². The van der Waals surface area contributed by atoms with Crippen LogP contribution in [0.1, 0.15) is 44.6 Å². The van der Waals surface area contributed by atoms with Gasteiger partial charge in [-0.25, -0.2) is 0 Å². The molecule has 5 heteroatoms. The van der Waals surface area contributed by atoms with E-state index in [1.54, 1.807) is 0 Å². The van der Waals surface area contributed by atoms with Gasteiger partial charge in [0.25, 0.3) is 0 Å². The molecule has 2 atom stereocenters. The zero-order valence-electron chi connectivity index (χ0n) is 14.3. The second-order valence-corrected chi connectivity index (χ2v) is 5.75. The van der Waals surface area contributed by atoms with Crippen LogP contribution >= 0.6 is 24.0 Å². The van der Waals surface area contributed by atoms with Crippen LogP contribution in [0.15, 0.2) is 35.3 Å². The maximum atomic E-state index is 5.65. The van der Waals surface area contributed by atoms with Gasteiger partial charge in [-0.15, -0.1) is 24.0 Å². The Kier molecular flexibility index (Phi) is 10.3. The molecule has 2 unspecified atom stereocenters. The van der Waals surface area contributed by atoms with Crippen molar-refractivity contribution in [2.24, 2.45) is 4.99 Å². The highest BCUT2D eigenvalue weighted by atomic mass is 127. The van der Waals surface area contributed by atoms with Crippen molar-refractivity contribution < 1.29 is 4.74 Å². The number of halogens is 1. The van der Waals surface area contributed by atoms with Gasteiger partial charge in [0, 0.05) is 32.2 Å². The largest absolute Gasteiger partial charge is 0.376 e. The third-order valence-electron chi connectivity index (χ3n) is 4.10. The molecule has 1 aromatic carbocycles. The van der Waals surface area contributed by atoms with E-state index in [0.29, 0.717) is 12.0 Å². The normalized spacial score (nSPS) is 19.0. The smallest absolute Gasteiger partial charge is 0.191 e. The zero-order chi connectivity index (χ0) is 15.6. The highest BCUT2D eigenvalue weighted by Crippen LogP contribution is 2.19. The second kappa shape index (κ2) is 11.7. The minimum absolute atomic E-state index is 0. The molecule has 0 bridgehead atoms. The molecule has 0 spiro atoms. The van der Waals surface area contributed by atoms with Crippen LogP contribution in [0.2, 0.25) is 0 Å². The van der Waals surface area contributed by atoms with Crippen LogP contribution in [-0.2, 0) is 4.74 Å². The van der Waals surface area contributed by atoms with Crippen LogP contribution in [0.4, 0.5) is 0 Å². The molecule has 0 aromatic heterocycles. The number of guanidine groups is 1. The SMILES string of the molecule is CCNC(=NCC(CC)c1ccccc1)NCC1CCCO1.I. The Balaban J connectivity index is 0.00000264. The third kappa shape index (κ3) is 7.08. The minimum atomic E-state index is 0. The van der Waals surface area contributed by atoms with E-state index in [9.17, 15) is 0 Å². The fraction of sp³-hybridized carbons (Fsp3) is 0.611. The van der Waals surface area contributed by atoms with Crippen LogP contribution in [0.5, 0.6) is 0 Å². The molecule has 0 saturated carbocycles. The summed E-state index contributed by atoms with van der Waals surface area (Å²) in [6.45, 7) is 7.73. The first kappa shape index (κ1) is 20.2. The number of ether oxygens (including phenoxy) is 1. The van der Waals surface area contributed by atoms with E-state index < -0.39 is 0 Å². The van der Waals surface area contributed by atoms with Crippen molar-refractivity contribution in [2.45, 2.75) is 45.1 Å². The summed E-state index contributed by atoms with van der Waals surface area (Å²) in [7, 11) is 0. The van der Waals surface area contributed by atoms with E-state index in [2.05, 4.69) is 54.8 Å². The average molecular weight is 431 g/mol. The number of benzene rings is 1. The second-order valence-electron chi connectivity index (χ2n) is 5.75. The standard InChI is InChI=1S/C18H29N3O.HI/c1-3-15(16-9-6-5-7-10-16)13-20-18(19-4-2)21-14-17-11-8-12-22-17;/h5-7,9-10,15,17H,3-4,8,11-14H2,1-2H3,(H2,19,20,21);1H. The van der Waals surface area contributed by atoms with Gasteiger partial charge >= 0.3 is 0 Å².